The lowest BCUT2D eigenvalue weighted by Crippen LogP contribution is -2.16. The second-order valence-corrected chi connectivity index (χ2v) is 4.28. The van der Waals surface area contributed by atoms with Gasteiger partial charge in [-0.2, -0.15) is 0 Å². The molecule has 0 fully saturated rings. The second-order valence-electron chi connectivity index (χ2n) is 4.28. The number of methoxy groups -OCH3 is 1. The number of benzene rings is 1. The van der Waals surface area contributed by atoms with Crippen molar-refractivity contribution in [3.63, 3.8) is 0 Å². The van der Waals surface area contributed by atoms with Crippen LogP contribution in [-0.2, 0) is 4.79 Å². The molecule has 2 N–H and O–H groups in total. The fourth-order valence-corrected chi connectivity index (χ4v) is 1.73. The van der Waals surface area contributed by atoms with Gasteiger partial charge in [0.25, 0.3) is 0 Å². The molecule has 1 aromatic carbocycles. The van der Waals surface area contributed by atoms with E-state index in [9.17, 15) is 4.79 Å². The minimum absolute atomic E-state index is 0.0822. The summed E-state index contributed by atoms with van der Waals surface area (Å²) in [6.07, 6.45) is 0.729. The highest BCUT2D eigenvalue weighted by atomic mass is 16.5. The van der Waals surface area contributed by atoms with Crippen LogP contribution in [0, 0.1) is 0 Å². The van der Waals surface area contributed by atoms with Crippen molar-refractivity contribution in [1.29, 1.82) is 0 Å². The van der Waals surface area contributed by atoms with Crippen LogP contribution in [0.2, 0.25) is 0 Å². The van der Waals surface area contributed by atoms with Gasteiger partial charge in [-0.25, -0.2) is 0 Å². The Labute approximate surface area is 113 Å². The summed E-state index contributed by atoms with van der Waals surface area (Å²) in [7, 11) is 1.59. The molecule has 1 aromatic rings. The average molecular weight is 267 g/mol. The SMILES string of the molecule is CCOc1ccc(NC(C)CCC(=O)O)cc1OC. The van der Waals surface area contributed by atoms with E-state index in [0.29, 0.717) is 24.5 Å². The summed E-state index contributed by atoms with van der Waals surface area (Å²) < 4.78 is 10.7. The summed E-state index contributed by atoms with van der Waals surface area (Å²) in [6, 6.07) is 5.67. The number of carboxylic acid groups (broad SMARTS) is 1. The van der Waals surface area contributed by atoms with E-state index in [1.807, 2.05) is 32.0 Å². The molecule has 1 unspecified atom stereocenters. The van der Waals surface area contributed by atoms with E-state index in [2.05, 4.69) is 5.32 Å². The van der Waals surface area contributed by atoms with Crippen molar-refractivity contribution in [2.45, 2.75) is 32.7 Å². The highest BCUT2D eigenvalue weighted by Gasteiger charge is 2.08. The molecule has 19 heavy (non-hydrogen) atoms. The molecule has 0 spiro atoms. The van der Waals surface area contributed by atoms with E-state index in [1.54, 1.807) is 7.11 Å². The fraction of sp³-hybridized carbons (Fsp3) is 0.500. The Bertz CT molecular complexity index is 420. The highest BCUT2D eigenvalue weighted by molar-refractivity contribution is 5.66. The first-order valence-electron chi connectivity index (χ1n) is 6.36. The van der Waals surface area contributed by atoms with Crippen LogP contribution < -0.4 is 14.8 Å². The Hall–Kier alpha value is -1.91. The first-order valence-corrected chi connectivity index (χ1v) is 6.36. The summed E-state index contributed by atoms with van der Waals surface area (Å²) in [5.41, 5.74) is 0.887. The number of rotatable bonds is 8. The van der Waals surface area contributed by atoms with Crippen molar-refractivity contribution in [3.8, 4) is 11.5 Å². The molecule has 0 bridgehead atoms. The monoisotopic (exact) mass is 267 g/mol. The predicted octanol–water partition coefficient (Wildman–Crippen LogP) is 2.76. The van der Waals surface area contributed by atoms with Crippen molar-refractivity contribution in [3.05, 3.63) is 18.2 Å². The molecule has 0 radical (unpaired) electrons. The van der Waals surface area contributed by atoms with Gasteiger partial charge < -0.3 is 19.9 Å². The largest absolute Gasteiger partial charge is 0.493 e. The molecule has 1 rings (SSSR count). The Morgan fingerprint density at radius 3 is 2.74 bits per heavy atom. The third kappa shape index (κ3) is 5.07. The first-order chi connectivity index (χ1) is 9.06. The Kier molecular flexibility index (Phi) is 5.99. The number of hydrogen-bond acceptors (Lipinski definition) is 4. The number of carbonyl (C=O) groups is 1. The van der Waals surface area contributed by atoms with Gasteiger partial charge in [-0.3, -0.25) is 4.79 Å². The summed E-state index contributed by atoms with van der Waals surface area (Å²) in [6.45, 7) is 4.45. The maximum Gasteiger partial charge on any atom is 0.303 e. The Morgan fingerprint density at radius 2 is 2.16 bits per heavy atom. The number of anilines is 1. The van der Waals surface area contributed by atoms with E-state index < -0.39 is 5.97 Å². The van der Waals surface area contributed by atoms with Gasteiger partial charge in [0.2, 0.25) is 0 Å². The normalized spacial score (nSPS) is 11.7. The summed E-state index contributed by atoms with van der Waals surface area (Å²) >= 11 is 0. The van der Waals surface area contributed by atoms with Crippen LogP contribution in [0.3, 0.4) is 0 Å². The first kappa shape index (κ1) is 15.1. The third-order valence-corrected chi connectivity index (χ3v) is 2.67. The zero-order chi connectivity index (χ0) is 14.3. The molecule has 106 valence electrons. The van der Waals surface area contributed by atoms with Crippen LogP contribution in [-0.4, -0.2) is 30.8 Å². The van der Waals surface area contributed by atoms with E-state index >= 15 is 0 Å². The second kappa shape index (κ2) is 7.51. The van der Waals surface area contributed by atoms with Crippen LogP contribution in [0.25, 0.3) is 0 Å². The minimum atomic E-state index is -0.780. The molecule has 0 saturated carbocycles. The molecule has 0 amide bonds. The lowest BCUT2D eigenvalue weighted by Gasteiger charge is -2.16. The van der Waals surface area contributed by atoms with Gasteiger partial charge in [-0.05, 0) is 32.4 Å². The van der Waals surface area contributed by atoms with Crippen LogP contribution >= 0.6 is 0 Å². The molecule has 1 atom stereocenters. The molecule has 5 nitrogen and oxygen atoms in total. The molecular formula is C14H21NO4. The smallest absolute Gasteiger partial charge is 0.303 e. The number of nitrogens with one attached hydrogen (secondary N) is 1. The van der Waals surface area contributed by atoms with Gasteiger partial charge >= 0.3 is 5.97 Å². The summed E-state index contributed by atoms with van der Waals surface area (Å²) in [5.74, 6) is 0.587. The van der Waals surface area contributed by atoms with Crippen LogP contribution in [0.15, 0.2) is 18.2 Å². The van der Waals surface area contributed by atoms with E-state index in [1.165, 1.54) is 0 Å². The van der Waals surface area contributed by atoms with E-state index in [4.69, 9.17) is 14.6 Å². The van der Waals surface area contributed by atoms with Crippen molar-refractivity contribution in [2.24, 2.45) is 0 Å². The van der Waals surface area contributed by atoms with Gasteiger partial charge in [0.1, 0.15) is 0 Å². The summed E-state index contributed by atoms with van der Waals surface area (Å²) in [4.78, 5) is 10.5. The van der Waals surface area contributed by atoms with Crippen molar-refractivity contribution >= 4 is 11.7 Å². The number of ether oxygens (including phenoxy) is 2. The lowest BCUT2D eigenvalue weighted by atomic mass is 10.1. The average Bonchev–Trinajstić information content (AvgIpc) is 2.38. The Balaban J connectivity index is 2.65. The van der Waals surface area contributed by atoms with Crippen molar-refractivity contribution in [1.82, 2.24) is 0 Å². The molecular weight excluding hydrogens is 246 g/mol. The third-order valence-electron chi connectivity index (χ3n) is 2.67. The number of aliphatic carboxylic acids is 1. The van der Waals surface area contributed by atoms with Gasteiger partial charge in [0, 0.05) is 24.2 Å². The molecule has 0 aliphatic carbocycles. The van der Waals surface area contributed by atoms with Gasteiger partial charge in [0.05, 0.1) is 13.7 Å². The molecule has 0 heterocycles. The number of carboxylic acids is 1. The quantitative estimate of drug-likeness (QED) is 0.758. The minimum Gasteiger partial charge on any atom is -0.493 e. The van der Waals surface area contributed by atoms with E-state index in [-0.39, 0.29) is 12.5 Å². The van der Waals surface area contributed by atoms with Crippen LogP contribution in [0.1, 0.15) is 26.7 Å². The fourth-order valence-electron chi connectivity index (χ4n) is 1.73. The van der Waals surface area contributed by atoms with Crippen LogP contribution in [0.4, 0.5) is 5.69 Å². The zero-order valence-electron chi connectivity index (χ0n) is 11.6. The maximum atomic E-state index is 10.5. The number of hydrogen-bond donors (Lipinski definition) is 2. The van der Waals surface area contributed by atoms with Crippen molar-refractivity contribution in [2.75, 3.05) is 19.0 Å². The van der Waals surface area contributed by atoms with Gasteiger partial charge in [-0.1, -0.05) is 0 Å². The molecule has 0 aromatic heterocycles. The molecule has 5 heteroatoms. The van der Waals surface area contributed by atoms with E-state index in [0.717, 1.165) is 5.69 Å². The standard InChI is InChI=1S/C14H21NO4/c1-4-19-12-7-6-11(9-13(12)18-3)15-10(2)5-8-14(16)17/h6-7,9-10,15H,4-5,8H2,1-3H3,(H,16,17). The zero-order valence-corrected chi connectivity index (χ0v) is 11.6. The van der Waals surface area contributed by atoms with Crippen LogP contribution in [0.5, 0.6) is 11.5 Å². The van der Waals surface area contributed by atoms with Gasteiger partial charge in [0.15, 0.2) is 11.5 Å². The Morgan fingerprint density at radius 1 is 1.42 bits per heavy atom. The topological polar surface area (TPSA) is 67.8 Å². The highest BCUT2D eigenvalue weighted by Crippen LogP contribution is 2.30. The predicted molar refractivity (Wildman–Crippen MR) is 74.1 cm³/mol. The molecule has 0 aliphatic rings. The van der Waals surface area contributed by atoms with Crippen molar-refractivity contribution < 1.29 is 19.4 Å². The summed E-state index contributed by atoms with van der Waals surface area (Å²) in [5, 5.41) is 11.9. The molecule has 0 aliphatic heterocycles. The maximum absolute atomic E-state index is 10.5. The van der Waals surface area contributed by atoms with Gasteiger partial charge in [-0.15, -0.1) is 0 Å². The lowest BCUT2D eigenvalue weighted by molar-refractivity contribution is -0.137. The molecule has 0 saturated heterocycles.